The van der Waals surface area contributed by atoms with Gasteiger partial charge in [-0.25, -0.2) is 9.59 Å². The van der Waals surface area contributed by atoms with Crippen molar-refractivity contribution in [3.05, 3.63) is 52.6 Å². The molecule has 39 heavy (non-hydrogen) atoms. The van der Waals surface area contributed by atoms with Crippen molar-refractivity contribution >= 4 is 17.8 Å². The molecule has 2 fully saturated rings. The Hall–Kier alpha value is -3.45. The van der Waals surface area contributed by atoms with Crippen molar-refractivity contribution < 1.29 is 22.8 Å². The lowest BCUT2D eigenvalue weighted by Crippen LogP contribution is -2.58. The number of hydrogen-bond donors (Lipinski definition) is 2. The second kappa shape index (κ2) is 11.3. The van der Waals surface area contributed by atoms with Crippen molar-refractivity contribution in [2.75, 3.05) is 44.6 Å². The Bertz CT molecular complexity index is 1230. The molecule has 4 rings (SSSR count). The number of piperidine rings is 1. The number of anilines is 1. The highest BCUT2D eigenvalue weighted by molar-refractivity contribution is 5.89. The first-order chi connectivity index (χ1) is 18.3. The maximum atomic E-state index is 12.9. The molecule has 0 bridgehead atoms. The third-order valence-electron chi connectivity index (χ3n) is 7.12. The van der Waals surface area contributed by atoms with Crippen molar-refractivity contribution in [1.82, 2.24) is 24.3 Å². The molecule has 1 aromatic carbocycles. The molecular weight excluding hydrogens is 515 g/mol. The summed E-state index contributed by atoms with van der Waals surface area (Å²) in [4.78, 5) is 46.8. The van der Waals surface area contributed by atoms with Crippen molar-refractivity contribution in [2.24, 2.45) is 11.7 Å². The number of piperazine rings is 1. The van der Waals surface area contributed by atoms with Crippen LogP contribution in [0.3, 0.4) is 0 Å². The number of alkyl halides is 3. The summed E-state index contributed by atoms with van der Waals surface area (Å²) in [6.07, 6.45) is -2.41. The minimum atomic E-state index is -4.13. The predicted molar refractivity (Wildman–Crippen MR) is 139 cm³/mol. The van der Waals surface area contributed by atoms with E-state index in [0.717, 1.165) is 5.56 Å². The molecule has 2 aliphatic rings. The molecule has 0 radical (unpaired) electrons. The number of urea groups is 1. The van der Waals surface area contributed by atoms with Crippen molar-refractivity contribution in [1.29, 1.82) is 0 Å². The summed E-state index contributed by atoms with van der Waals surface area (Å²) >= 11 is 0. The molecule has 0 spiro atoms. The number of benzene rings is 1. The van der Waals surface area contributed by atoms with E-state index in [0.29, 0.717) is 51.5 Å². The number of nitrogens with two attached hydrogens (primary N) is 1. The van der Waals surface area contributed by atoms with E-state index in [1.807, 2.05) is 17.0 Å². The summed E-state index contributed by atoms with van der Waals surface area (Å²) in [6.45, 7) is 6.00. The monoisotopic (exact) mass is 549 g/mol. The molecule has 2 aliphatic heterocycles. The van der Waals surface area contributed by atoms with Crippen LogP contribution in [0, 0.1) is 5.92 Å². The van der Waals surface area contributed by atoms with Crippen LogP contribution in [-0.4, -0.2) is 87.2 Å². The van der Waals surface area contributed by atoms with E-state index in [9.17, 15) is 27.6 Å². The van der Waals surface area contributed by atoms with E-state index in [2.05, 4.69) is 10.3 Å². The predicted octanol–water partition coefficient (Wildman–Crippen LogP) is 2.42. The molecule has 212 valence electrons. The van der Waals surface area contributed by atoms with Gasteiger partial charge in [0, 0.05) is 38.9 Å². The second-order valence-electron chi connectivity index (χ2n) is 10.7. The zero-order valence-corrected chi connectivity index (χ0v) is 22.1. The van der Waals surface area contributed by atoms with Gasteiger partial charge in [0.15, 0.2) is 0 Å². The van der Waals surface area contributed by atoms with Crippen LogP contribution in [0.2, 0.25) is 0 Å². The van der Waals surface area contributed by atoms with E-state index < -0.39 is 29.4 Å². The largest absolute Gasteiger partial charge is 0.391 e. The fraction of sp³-hybridized carbons (Fsp3) is 0.538. The van der Waals surface area contributed by atoms with E-state index in [4.69, 9.17) is 5.73 Å². The molecule has 1 aromatic heterocycles. The molecule has 0 atom stereocenters. The molecule has 0 unspecified atom stereocenters. The normalized spacial score (nSPS) is 17.8. The molecule has 3 amide bonds. The smallest absolute Gasteiger partial charge is 0.338 e. The van der Waals surface area contributed by atoms with Gasteiger partial charge in [0.25, 0.3) is 0 Å². The van der Waals surface area contributed by atoms with Crippen LogP contribution in [0.25, 0.3) is 5.69 Å². The van der Waals surface area contributed by atoms with Gasteiger partial charge in [0.2, 0.25) is 5.91 Å². The maximum absolute atomic E-state index is 12.9. The summed E-state index contributed by atoms with van der Waals surface area (Å²) in [5.41, 5.74) is 5.84. The number of carbonyl (C=O) groups is 2. The van der Waals surface area contributed by atoms with Crippen LogP contribution in [-0.2, 0) is 11.3 Å². The van der Waals surface area contributed by atoms with E-state index in [1.165, 1.54) is 16.8 Å². The van der Waals surface area contributed by atoms with Crippen LogP contribution in [0.5, 0.6) is 0 Å². The fourth-order valence-corrected chi connectivity index (χ4v) is 4.82. The molecule has 2 saturated heterocycles. The zero-order valence-electron chi connectivity index (χ0n) is 22.1. The van der Waals surface area contributed by atoms with Crippen molar-refractivity contribution in [3.63, 3.8) is 0 Å². The van der Waals surface area contributed by atoms with Gasteiger partial charge in [-0.05, 0) is 63.5 Å². The van der Waals surface area contributed by atoms with Gasteiger partial charge in [0.1, 0.15) is 5.82 Å². The van der Waals surface area contributed by atoms with E-state index >= 15 is 0 Å². The number of aromatic nitrogens is 2. The van der Waals surface area contributed by atoms with Gasteiger partial charge in [-0.2, -0.15) is 18.2 Å². The molecule has 0 aliphatic carbocycles. The zero-order chi connectivity index (χ0) is 28.4. The Balaban J connectivity index is 1.30. The molecule has 3 heterocycles. The van der Waals surface area contributed by atoms with Crippen molar-refractivity contribution in [2.45, 2.75) is 44.9 Å². The third-order valence-corrected chi connectivity index (χ3v) is 7.12. The van der Waals surface area contributed by atoms with Crippen LogP contribution in [0.15, 0.2) is 41.3 Å². The number of rotatable bonds is 5. The fourth-order valence-electron chi connectivity index (χ4n) is 4.82. The second-order valence-corrected chi connectivity index (χ2v) is 10.7. The van der Waals surface area contributed by atoms with Crippen LogP contribution < -0.4 is 16.7 Å². The van der Waals surface area contributed by atoms with Gasteiger partial charge in [-0.1, -0.05) is 12.1 Å². The van der Waals surface area contributed by atoms with Gasteiger partial charge in [-0.3, -0.25) is 19.6 Å². The highest BCUT2D eigenvalue weighted by Crippen LogP contribution is 2.34. The molecule has 0 saturated carbocycles. The quantitative estimate of drug-likeness (QED) is 0.592. The topological polar surface area (TPSA) is 117 Å². The number of nitrogens with one attached hydrogen (secondary N) is 1. The minimum absolute atomic E-state index is 0.105. The Morgan fingerprint density at radius 2 is 1.56 bits per heavy atom. The molecular formula is C26H34F3N7O3. The van der Waals surface area contributed by atoms with Gasteiger partial charge in [0.05, 0.1) is 17.1 Å². The summed E-state index contributed by atoms with van der Waals surface area (Å²) < 4.78 is 40.0. The summed E-state index contributed by atoms with van der Waals surface area (Å²) in [5.74, 6) is -1.29. The SMILES string of the molecule is CC(C)(N)C(=O)N1CCN(C(=O)Nc2ccn(-c3ccc(CN4CCC(C(F)(F)F)CC4)cc3)c(=O)n2)CC1. The number of likely N-dealkylation sites (tertiary alicyclic amines) is 1. The third kappa shape index (κ3) is 7.15. The lowest BCUT2D eigenvalue weighted by atomic mass is 9.96. The molecule has 2 aromatic rings. The Kier molecular flexibility index (Phi) is 8.31. The number of hydrogen-bond acceptors (Lipinski definition) is 6. The number of amides is 3. The average molecular weight is 550 g/mol. The number of nitrogens with zero attached hydrogens (tertiary/aromatic N) is 5. The Morgan fingerprint density at radius 1 is 0.974 bits per heavy atom. The van der Waals surface area contributed by atoms with E-state index in [-0.39, 0.29) is 24.6 Å². The standard InChI is InChI=1S/C26H34F3N7O3/c1-25(2,30)22(37)34-13-15-35(16-14-34)23(38)31-21-9-12-36(24(39)32-21)20-5-3-18(4-6-20)17-33-10-7-19(8-11-33)26(27,28)29/h3-6,9,12,19H,7-8,10-11,13-17,30H2,1-2H3,(H,31,32,38,39). The van der Waals surface area contributed by atoms with Crippen LogP contribution in [0.4, 0.5) is 23.8 Å². The first-order valence-corrected chi connectivity index (χ1v) is 12.9. The first kappa shape index (κ1) is 28.6. The Morgan fingerprint density at radius 3 is 2.10 bits per heavy atom. The van der Waals surface area contributed by atoms with Gasteiger partial charge in [-0.15, -0.1) is 0 Å². The van der Waals surface area contributed by atoms with Crippen molar-refractivity contribution in [3.8, 4) is 5.69 Å². The maximum Gasteiger partial charge on any atom is 0.391 e. The minimum Gasteiger partial charge on any atom is -0.338 e. The first-order valence-electron chi connectivity index (χ1n) is 12.9. The number of halogens is 3. The number of carbonyl (C=O) groups excluding carboxylic acids is 2. The van der Waals surface area contributed by atoms with Gasteiger partial charge >= 0.3 is 17.9 Å². The lowest BCUT2D eigenvalue weighted by Gasteiger charge is -2.37. The highest BCUT2D eigenvalue weighted by Gasteiger charge is 2.41. The molecule has 3 N–H and O–H groups in total. The van der Waals surface area contributed by atoms with Crippen LogP contribution in [0.1, 0.15) is 32.3 Å². The molecule has 10 nitrogen and oxygen atoms in total. The summed E-state index contributed by atoms with van der Waals surface area (Å²) in [7, 11) is 0. The molecule has 13 heteroatoms. The van der Waals surface area contributed by atoms with Gasteiger partial charge < -0.3 is 15.5 Å². The Labute approximate surface area is 224 Å². The summed E-state index contributed by atoms with van der Waals surface area (Å²) in [6, 6.07) is 8.29. The van der Waals surface area contributed by atoms with E-state index in [1.54, 1.807) is 35.8 Å². The summed E-state index contributed by atoms with van der Waals surface area (Å²) in [5, 5.41) is 2.63. The average Bonchev–Trinajstić information content (AvgIpc) is 2.88. The van der Waals surface area contributed by atoms with Crippen LogP contribution >= 0.6 is 0 Å². The lowest BCUT2D eigenvalue weighted by molar-refractivity contribution is -0.185. The highest BCUT2D eigenvalue weighted by atomic mass is 19.4.